The maximum absolute atomic E-state index is 12.3. The van der Waals surface area contributed by atoms with Gasteiger partial charge in [-0.2, -0.15) is 0 Å². The molecule has 0 bridgehead atoms. The summed E-state index contributed by atoms with van der Waals surface area (Å²) in [4.78, 5) is 23.7. The Labute approximate surface area is 138 Å². The van der Waals surface area contributed by atoms with E-state index in [1.54, 1.807) is 31.2 Å². The van der Waals surface area contributed by atoms with Crippen molar-refractivity contribution in [1.29, 1.82) is 0 Å². The van der Waals surface area contributed by atoms with Crippen molar-refractivity contribution in [2.24, 2.45) is 0 Å². The summed E-state index contributed by atoms with van der Waals surface area (Å²) in [5, 5.41) is 3.60. The first-order valence-electron chi connectivity index (χ1n) is 7.60. The van der Waals surface area contributed by atoms with E-state index in [1.165, 1.54) is 6.07 Å². The van der Waals surface area contributed by atoms with Crippen molar-refractivity contribution in [3.63, 3.8) is 0 Å². The van der Waals surface area contributed by atoms with Gasteiger partial charge in [-0.25, -0.2) is 4.79 Å². The monoisotopic (exact) mass is 323 g/mol. The third kappa shape index (κ3) is 3.46. The minimum absolute atomic E-state index is 0.284. The number of anilines is 1. The van der Waals surface area contributed by atoms with Crippen LogP contribution in [-0.2, 0) is 4.79 Å². The summed E-state index contributed by atoms with van der Waals surface area (Å²) < 4.78 is 10.8. The Morgan fingerprint density at radius 3 is 2.62 bits per heavy atom. The van der Waals surface area contributed by atoms with Crippen LogP contribution in [-0.4, -0.2) is 12.0 Å². The number of fused-ring (bicyclic) bond motifs is 1. The van der Waals surface area contributed by atoms with Crippen LogP contribution in [0.1, 0.15) is 12.5 Å². The van der Waals surface area contributed by atoms with Crippen molar-refractivity contribution in [2.75, 3.05) is 5.32 Å². The minimum Gasteiger partial charge on any atom is -0.481 e. The van der Waals surface area contributed by atoms with Crippen LogP contribution in [0.5, 0.6) is 5.75 Å². The average molecular weight is 323 g/mol. The average Bonchev–Trinajstić information content (AvgIpc) is 2.55. The summed E-state index contributed by atoms with van der Waals surface area (Å²) in [6.45, 7) is 3.51. The van der Waals surface area contributed by atoms with E-state index >= 15 is 0 Å². The lowest BCUT2D eigenvalue weighted by Crippen LogP contribution is -2.30. The second-order valence-corrected chi connectivity index (χ2v) is 5.52. The first-order chi connectivity index (χ1) is 11.5. The zero-order valence-corrected chi connectivity index (χ0v) is 13.4. The van der Waals surface area contributed by atoms with Crippen LogP contribution < -0.4 is 15.7 Å². The van der Waals surface area contributed by atoms with Crippen LogP contribution in [0.4, 0.5) is 5.69 Å². The lowest BCUT2D eigenvalue weighted by molar-refractivity contribution is -0.122. The second-order valence-electron chi connectivity index (χ2n) is 5.52. The Hall–Kier alpha value is -3.08. The molecule has 0 unspecified atom stereocenters. The molecule has 2 aromatic carbocycles. The molecule has 5 heteroatoms. The van der Waals surface area contributed by atoms with E-state index in [4.69, 9.17) is 9.15 Å². The molecular formula is C19H17NO4. The van der Waals surface area contributed by atoms with Crippen LogP contribution >= 0.6 is 0 Å². The fourth-order valence-corrected chi connectivity index (χ4v) is 2.40. The molecule has 3 aromatic rings. The number of carbonyl (C=O) groups excluding carboxylic acids is 1. The fourth-order valence-electron chi connectivity index (χ4n) is 2.40. The largest absolute Gasteiger partial charge is 0.481 e. The van der Waals surface area contributed by atoms with E-state index in [0.717, 1.165) is 10.9 Å². The summed E-state index contributed by atoms with van der Waals surface area (Å²) >= 11 is 0. The van der Waals surface area contributed by atoms with Gasteiger partial charge in [-0.15, -0.1) is 0 Å². The standard InChI is InChI=1S/C19H17NO4/c1-12-10-18(21)24-17-11-14(8-9-16(12)17)20-19(22)13(2)23-15-6-4-3-5-7-15/h3-11,13H,1-2H3,(H,20,22)/t13-/m1/s1. The molecule has 0 fully saturated rings. The van der Waals surface area contributed by atoms with Gasteiger partial charge in [0.15, 0.2) is 6.10 Å². The van der Waals surface area contributed by atoms with Gasteiger partial charge in [0.25, 0.3) is 5.91 Å². The number of rotatable bonds is 4. The van der Waals surface area contributed by atoms with Gasteiger partial charge in [0.05, 0.1) is 0 Å². The molecular weight excluding hydrogens is 306 g/mol. The Bertz CT molecular complexity index is 931. The Kier molecular flexibility index (Phi) is 4.33. The van der Waals surface area contributed by atoms with E-state index in [-0.39, 0.29) is 5.91 Å². The Balaban J connectivity index is 1.76. The molecule has 5 nitrogen and oxygen atoms in total. The quantitative estimate of drug-likeness (QED) is 0.746. The topological polar surface area (TPSA) is 68.5 Å². The third-order valence-corrected chi connectivity index (χ3v) is 3.64. The molecule has 1 heterocycles. The third-order valence-electron chi connectivity index (χ3n) is 3.64. The molecule has 0 radical (unpaired) electrons. The van der Waals surface area contributed by atoms with Gasteiger partial charge in [0.2, 0.25) is 0 Å². The number of amides is 1. The van der Waals surface area contributed by atoms with Crippen molar-refractivity contribution >= 4 is 22.6 Å². The lowest BCUT2D eigenvalue weighted by atomic mass is 10.1. The van der Waals surface area contributed by atoms with E-state index in [1.807, 2.05) is 31.2 Å². The maximum Gasteiger partial charge on any atom is 0.336 e. The molecule has 1 amide bonds. The van der Waals surface area contributed by atoms with Gasteiger partial charge in [-0.1, -0.05) is 18.2 Å². The van der Waals surface area contributed by atoms with Crippen LogP contribution in [0.15, 0.2) is 63.8 Å². The first kappa shape index (κ1) is 15.8. The SMILES string of the molecule is Cc1cc(=O)oc2cc(NC(=O)[C@@H](C)Oc3ccccc3)ccc12. The molecule has 122 valence electrons. The number of ether oxygens (including phenoxy) is 1. The molecule has 1 atom stereocenters. The number of nitrogens with one attached hydrogen (secondary N) is 1. The Morgan fingerprint density at radius 2 is 1.88 bits per heavy atom. The Morgan fingerprint density at radius 1 is 1.12 bits per heavy atom. The summed E-state index contributed by atoms with van der Waals surface area (Å²) in [6.07, 6.45) is -0.660. The lowest BCUT2D eigenvalue weighted by Gasteiger charge is -2.15. The molecule has 0 aliphatic heterocycles. The molecule has 24 heavy (non-hydrogen) atoms. The van der Waals surface area contributed by atoms with Crippen LogP contribution in [0, 0.1) is 6.92 Å². The predicted molar refractivity (Wildman–Crippen MR) is 92.4 cm³/mol. The smallest absolute Gasteiger partial charge is 0.336 e. The predicted octanol–water partition coefficient (Wildman–Crippen LogP) is 3.51. The van der Waals surface area contributed by atoms with Crippen LogP contribution in [0.2, 0.25) is 0 Å². The molecule has 3 rings (SSSR count). The summed E-state index contributed by atoms with van der Waals surface area (Å²) in [6, 6.07) is 15.8. The molecule has 1 aromatic heterocycles. The summed E-state index contributed by atoms with van der Waals surface area (Å²) in [7, 11) is 0. The van der Waals surface area contributed by atoms with Crippen molar-refractivity contribution in [3.05, 3.63) is 70.6 Å². The number of para-hydroxylation sites is 1. The summed E-state index contributed by atoms with van der Waals surface area (Å²) in [5.41, 5.74) is 1.41. The molecule has 0 spiro atoms. The minimum atomic E-state index is -0.660. The molecule has 0 saturated carbocycles. The molecule has 0 aliphatic carbocycles. The maximum atomic E-state index is 12.3. The highest BCUT2D eigenvalue weighted by molar-refractivity contribution is 5.96. The normalized spacial score (nSPS) is 11.9. The zero-order chi connectivity index (χ0) is 17.1. The van der Waals surface area contributed by atoms with Gasteiger partial charge in [0, 0.05) is 23.2 Å². The van der Waals surface area contributed by atoms with Gasteiger partial charge in [-0.3, -0.25) is 4.79 Å². The number of hydrogen-bond donors (Lipinski definition) is 1. The first-order valence-corrected chi connectivity index (χ1v) is 7.60. The van der Waals surface area contributed by atoms with Gasteiger partial charge in [-0.05, 0) is 43.7 Å². The highest BCUT2D eigenvalue weighted by Gasteiger charge is 2.15. The number of benzene rings is 2. The van der Waals surface area contributed by atoms with E-state index < -0.39 is 11.7 Å². The van der Waals surface area contributed by atoms with Crippen molar-refractivity contribution in [1.82, 2.24) is 0 Å². The van der Waals surface area contributed by atoms with Crippen molar-refractivity contribution in [2.45, 2.75) is 20.0 Å². The van der Waals surface area contributed by atoms with E-state index in [9.17, 15) is 9.59 Å². The zero-order valence-electron chi connectivity index (χ0n) is 13.4. The van der Waals surface area contributed by atoms with Crippen molar-refractivity contribution in [3.8, 4) is 5.75 Å². The van der Waals surface area contributed by atoms with Gasteiger partial charge < -0.3 is 14.5 Å². The second kappa shape index (κ2) is 6.58. The fraction of sp³-hybridized carbons (Fsp3) is 0.158. The van der Waals surface area contributed by atoms with Gasteiger partial charge in [0.1, 0.15) is 11.3 Å². The highest BCUT2D eigenvalue weighted by Crippen LogP contribution is 2.21. The van der Waals surface area contributed by atoms with Crippen LogP contribution in [0.3, 0.4) is 0 Å². The van der Waals surface area contributed by atoms with Gasteiger partial charge >= 0.3 is 5.63 Å². The van der Waals surface area contributed by atoms with E-state index in [0.29, 0.717) is 17.0 Å². The highest BCUT2D eigenvalue weighted by atomic mass is 16.5. The van der Waals surface area contributed by atoms with Crippen molar-refractivity contribution < 1.29 is 13.9 Å². The van der Waals surface area contributed by atoms with Crippen LogP contribution in [0.25, 0.3) is 11.0 Å². The number of carbonyl (C=O) groups is 1. The number of aryl methyl sites for hydroxylation is 1. The summed E-state index contributed by atoms with van der Waals surface area (Å²) in [5.74, 6) is 0.341. The molecule has 1 N–H and O–H groups in total. The number of hydrogen-bond acceptors (Lipinski definition) is 4. The molecule has 0 saturated heterocycles. The van der Waals surface area contributed by atoms with E-state index in [2.05, 4.69) is 5.32 Å². The molecule has 0 aliphatic rings.